The molecule has 0 saturated carbocycles. The predicted octanol–water partition coefficient (Wildman–Crippen LogP) is 6.59. The first-order valence-corrected chi connectivity index (χ1v) is 16.2. The summed E-state index contributed by atoms with van der Waals surface area (Å²) in [6, 6.07) is 18.4. The van der Waals surface area contributed by atoms with Crippen molar-refractivity contribution in [1.29, 1.82) is 5.26 Å². The van der Waals surface area contributed by atoms with Crippen molar-refractivity contribution < 1.29 is 23.3 Å². The highest BCUT2D eigenvalue weighted by atomic mass is 31.2. The number of aromatic nitrogens is 2. The molecule has 2 amide bonds. The summed E-state index contributed by atoms with van der Waals surface area (Å²) in [5.74, 6) is 0.397. The molecule has 4 heterocycles. The van der Waals surface area contributed by atoms with E-state index in [1.54, 1.807) is 4.90 Å². The number of nitrogens with one attached hydrogen (secondary N) is 1. The Kier molecular flexibility index (Phi) is 7.83. The first-order chi connectivity index (χ1) is 21.4. The third kappa shape index (κ3) is 4.96. The van der Waals surface area contributed by atoms with Crippen molar-refractivity contribution in [2.24, 2.45) is 0 Å². The minimum atomic E-state index is -1.48. The van der Waals surface area contributed by atoms with E-state index >= 15 is 0 Å². The molecule has 2 bridgehead atoms. The van der Waals surface area contributed by atoms with Crippen LogP contribution in [0.25, 0.3) is 32.6 Å². The molecule has 44 heavy (non-hydrogen) atoms. The fraction of sp³-hybridized carbons (Fsp3) is 0.438. The van der Waals surface area contributed by atoms with E-state index in [2.05, 4.69) is 62.0 Å². The standard InChI is InChI=1S/C32H35N6O5P/c1-18(2)38(19(3)4)44(41-15-9-14-33)43-24-16-26-37-31(40-17-25(24)42-26)29-30(36-32(37)39)35-28-23-13-8-6-11-21(23)20-10-5-7-12-22(20)27(28)34-29/h5-8,10-13,18-19,24-26,31H,9,15-17H2,1-4H3,(H,35,36,39)/t24-,25+,26+,31-,44?/m0/s1. The summed E-state index contributed by atoms with van der Waals surface area (Å²) in [4.78, 5) is 25.3. The van der Waals surface area contributed by atoms with Crippen molar-refractivity contribution in [2.45, 2.75) is 77.3 Å². The summed E-state index contributed by atoms with van der Waals surface area (Å²) in [7, 11) is -1.48. The quantitative estimate of drug-likeness (QED) is 0.133. The fourth-order valence-corrected chi connectivity index (χ4v) is 8.27. The van der Waals surface area contributed by atoms with Crippen molar-refractivity contribution in [3.63, 3.8) is 0 Å². The molecule has 0 spiro atoms. The van der Waals surface area contributed by atoms with Crippen LogP contribution in [0.4, 0.5) is 10.6 Å². The Morgan fingerprint density at radius 1 is 1.05 bits per heavy atom. The number of carbonyl (C=O) groups is 1. The lowest BCUT2D eigenvalue weighted by atomic mass is 9.99. The second kappa shape index (κ2) is 11.8. The number of rotatable bonds is 8. The molecular weight excluding hydrogens is 579 g/mol. The van der Waals surface area contributed by atoms with Gasteiger partial charge in [-0.3, -0.25) is 10.2 Å². The van der Waals surface area contributed by atoms with Crippen molar-refractivity contribution >= 4 is 53.0 Å². The van der Waals surface area contributed by atoms with Gasteiger partial charge in [0.15, 0.2) is 12.0 Å². The minimum absolute atomic E-state index is 0.166. The largest absolute Gasteiger partial charge is 0.350 e. The maximum absolute atomic E-state index is 13.6. The Balaban J connectivity index is 1.21. The molecule has 1 unspecified atom stereocenters. The zero-order valence-electron chi connectivity index (χ0n) is 25.1. The fourth-order valence-electron chi connectivity index (χ4n) is 6.51. The van der Waals surface area contributed by atoms with Gasteiger partial charge in [-0.15, -0.1) is 0 Å². The Labute approximate surface area is 257 Å². The summed E-state index contributed by atoms with van der Waals surface area (Å²) in [5.41, 5.74) is 2.05. The van der Waals surface area contributed by atoms with Crippen LogP contribution < -0.4 is 5.32 Å². The van der Waals surface area contributed by atoms with Crippen molar-refractivity contribution in [3.05, 3.63) is 54.2 Å². The normalized spacial score (nSPS) is 23.7. The van der Waals surface area contributed by atoms with Crippen LogP contribution in [0.3, 0.4) is 0 Å². The third-order valence-corrected chi connectivity index (χ3v) is 10.5. The van der Waals surface area contributed by atoms with E-state index in [1.165, 1.54) is 0 Å². The number of amides is 2. The number of ether oxygens (including phenoxy) is 2. The number of urea groups is 1. The van der Waals surface area contributed by atoms with Crippen LogP contribution in [0.5, 0.6) is 0 Å². The van der Waals surface area contributed by atoms with E-state index in [4.69, 9.17) is 33.8 Å². The number of hydrogen-bond acceptors (Lipinski definition) is 9. The zero-order valence-corrected chi connectivity index (χ0v) is 26.0. The third-order valence-electron chi connectivity index (χ3n) is 8.32. The lowest BCUT2D eigenvalue weighted by Crippen LogP contribution is -2.49. The molecule has 3 aromatic carbocycles. The van der Waals surface area contributed by atoms with Crippen LogP contribution >= 0.6 is 8.53 Å². The van der Waals surface area contributed by atoms with E-state index in [1.807, 2.05) is 30.3 Å². The Bertz CT molecular complexity index is 1770. The zero-order chi connectivity index (χ0) is 30.5. The molecule has 12 heteroatoms. The highest BCUT2D eigenvalue weighted by Crippen LogP contribution is 2.51. The highest BCUT2D eigenvalue weighted by molar-refractivity contribution is 7.44. The molecule has 2 saturated heterocycles. The topological polar surface area (TPSA) is 122 Å². The van der Waals surface area contributed by atoms with Crippen LogP contribution in [0.15, 0.2) is 48.5 Å². The average molecular weight is 615 g/mol. The van der Waals surface area contributed by atoms with Gasteiger partial charge in [-0.1, -0.05) is 48.5 Å². The van der Waals surface area contributed by atoms with Gasteiger partial charge in [0.2, 0.25) is 0 Å². The van der Waals surface area contributed by atoms with Gasteiger partial charge in [0.05, 0.1) is 42.8 Å². The summed E-state index contributed by atoms with van der Waals surface area (Å²) in [6.07, 6.45) is -1.38. The lowest BCUT2D eigenvalue weighted by Gasteiger charge is -2.39. The molecule has 1 aromatic heterocycles. The van der Waals surface area contributed by atoms with Gasteiger partial charge in [0.1, 0.15) is 18.0 Å². The molecule has 4 aromatic rings. The lowest BCUT2D eigenvalue weighted by molar-refractivity contribution is -0.0696. The van der Waals surface area contributed by atoms with Crippen LogP contribution in [-0.2, 0) is 18.5 Å². The molecule has 0 aliphatic carbocycles. The van der Waals surface area contributed by atoms with E-state index in [0.29, 0.717) is 17.9 Å². The number of fused-ring (bicyclic) bond motifs is 12. The number of benzene rings is 3. The van der Waals surface area contributed by atoms with Gasteiger partial charge in [-0.05, 0) is 38.5 Å². The van der Waals surface area contributed by atoms with Crippen LogP contribution in [0, 0.1) is 11.3 Å². The Hall–Kier alpha value is -3.49. The number of nitrogens with zero attached hydrogens (tertiary/aromatic N) is 5. The van der Waals surface area contributed by atoms with Gasteiger partial charge < -0.3 is 18.5 Å². The molecule has 3 aliphatic heterocycles. The SMILES string of the molecule is CC(C)N(C(C)C)P(OCCC#N)O[C@H]1C[C@H]2O[C@@H]1CO[C@H]1c3nc4c5ccccc5c5ccccc5c4nc3NC(=O)N21. The van der Waals surface area contributed by atoms with Gasteiger partial charge in [0.25, 0.3) is 8.53 Å². The van der Waals surface area contributed by atoms with Crippen molar-refractivity contribution in [2.75, 3.05) is 18.5 Å². The van der Waals surface area contributed by atoms with E-state index in [0.717, 1.165) is 32.6 Å². The van der Waals surface area contributed by atoms with Gasteiger partial charge in [-0.25, -0.2) is 19.4 Å². The highest BCUT2D eigenvalue weighted by Gasteiger charge is 2.51. The Morgan fingerprint density at radius 2 is 1.68 bits per heavy atom. The number of anilines is 1. The first kappa shape index (κ1) is 29.2. The van der Waals surface area contributed by atoms with E-state index < -0.39 is 27.1 Å². The first-order valence-electron chi connectivity index (χ1n) is 15.1. The maximum Gasteiger partial charge on any atom is 0.327 e. The average Bonchev–Trinajstić information content (AvgIpc) is 3.29. The smallest absolute Gasteiger partial charge is 0.327 e. The van der Waals surface area contributed by atoms with Gasteiger partial charge in [0, 0.05) is 29.3 Å². The van der Waals surface area contributed by atoms with E-state index in [9.17, 15) is 4.79 Å². The van der Waals surface area contributed by atoms with Gasteiger partial charge >= 0.3 is 6.03 Å². The van der Waals surface area contributed by atoms with Crippen LogP contribution in [0.2, 0.25) is 0 Å². The molecule has 228 valence electrons. The summed E-state index contributed by atoms with van der Waals surface area (Å²) in [6.45, 7) is 8.88. The predicted molar refractivity (Wildman–Crippen MR) is 167 cm³/mol. The molecule has 0 radical (unpaired) electrons. The molecule has 1 N–H and O–H groups in total. The molecular formula is C32H35N6O5P. The molecule has 11 nitrogen and oxygen atoms in total. The maximum atomic E-state index is 13.6. The van der Waals surface area contributed by atoms with Crippen LogP contribution in [-0.4, -0.2) is 69.3 Å². The molecule has 2 fully saturated rings. The number of nitriles is 1. The second-order valence-electron chi connectivity index (χ2n) is 11.8. The summed E-state index contributed by atoms with van der Waals surface area (Å²) in [5, 5.41) is 16.2. The van der Waals surface area contributed by atoms with Crippen molar-refractivity contribution in [3.8, 4) is 6.07 Å². The second-order valence-corrected chi connectivity index (χ2v) is 13.2. The monoisotopic (exact) mass is 614 g/mol. The minimum Gasteiger partial charge on any atom is -0.350 e. The molecule has 3 aliphatic rings. The summed E-state index contributed by atoms with van der Waals surface area (Å²) >= 11 is 0. The molecule has 5 atom stereocenters. The number of carbonyl (C=O) groups excluding carboxylic acids is 1. The van der Waals surface area contributed by atoms with Gasteiger partial charge in [-0.2, -0.15) is 5.26 Å². The van der Waals surface area contributed by atoms with E-state index in [-0.39, 0.29) is 43.9 Å². The van der Waals surface area contributed by atoms with Crippen molar-refractivity contribution in [1.82, 2.24) is 19.5 Å². The summed E-state index contributed by atoms with van der Waals surface area (Å²) < 4.78 is 27.7. The number of hydrogen-bond donors (Lipinski definition) is 1. The Morgan fingerprint density at radius 3 is 2.32 bits per heavy atom. The molecule has 7 rings (SSSR count). The van der Waals surface area contributed by atoms with Crippen LogP contribution in [0.1, 0.15) is 52.5 Å².